The molecule has 1 rings (SSSR count). The Hall–Kier alpha value is -1.30. The molecule has 0 saturated heterocycles. The van der Waals surface area contributed by atoms with Gasteiger partial charge in [-0.25, -0.2) is 0 Å². The molecule has 1 aromatic rings. The van der Waals surface area contributed by atoms with E-state index in [4.69, 9.17) is 23.2 Å². The van der Waals surface area contributed by atoms with Gasteiger partial charge in [-0.2, -0.15) is 0 Å². The lowest BCUT2D eigenvalue weighted by Crippen LogP contribution is -2.93. The van der Waals surface area contributed by atoms with E-state index in [0.717, 1.165) is 19.3 Å². The fourth-order valence-electron chi connectivity index (χ4n) is 1.98. The maximum absolute atomic E-state index is 12.0. The topological polar surface area (TPSA) is 85.8 Å². The van der Waals surface area contributed by atoms with Crippen LogP contribution in [0.4, 0.5) is 5.69 Å². The predicted octanol–water partition coefficient (Wildman–Crippen LogP) is 1.19. The Morgan fingerprint density at radius 1 is 1.32 bits per heavy atom. The van der Waals surface area contributed by atoms with Gasteiger partial charge in [-0.3, -0.25) is 4.79 Å². The van der Waals surface area contributed by atoms with E-state index < -0.39 is 17.9 Å². The van der Waals surface area contributed by atoms with Crippen LogP contribution in [0, 0.1) is 0 Å². The highest BCUT2D eigenvalue weighted by atomic mass is 35.5. The third-order valence-electron chi connectivity index (χ3n) is 3.19. The zero-order chi connectivity index (χ0) is 16.5. The standard InChI is InChI=1S/C15H20Cl2N2O3/c1-2-3-4-8-18-12(15(21)22)9-13(20)19-11-7-5-6-10(16)14(11)17/h5-7,12,18H,2-4,8-9H2,1H3,(H,19,20)(H,21,22)/t12-/m1/s1. The largest absolute Gasteiger partial charge is 0.544 e. The smallest absolute Gasteiger partial charge is 0.230 e. The molecular formula is C15H20Cl2N2O3. The average molecular weight is 347 g/mol. The molecule has 0 fully saturated rings. The molecule has 0 unspecified atom stereocenters. The van der Waals surface area contributed by atoms with Crippen molar-refractivity contribution in [3.8, 4) is 0 Å². The highest BCUT2D eigenvalue weighted by Crippen LogP contribution is 2.29. The van der Waals surface area contributed by atoms with Crippen molar-refractivity contribution in [1.29, 1.82) is 0 Å². The van der Waals surface area contributed by atoms with Crippen molar-refractivity contribution >= 4 is 40.8 Å². The van der Waals surface area contributed by atoms with Crippen molar-refractivity contribution < 1.29 is 20.0 Å². The van der Waals surface area contributed by atoms with Gasteiger partial charge < -0.3 is 20.5 Å². The third-order valence-corrected chi connectivity index (χ3v) is 4.01. The minimum Gasteiger partial charge on any atom is -0.544 e. The minimum atomic E-state index is -1.25. The summed E-state index contributed by atoms with van der Waals surface area (Å²) in [5.74, 6) is -1.69. The van der Waals surface area contributed by atoms with E-state index in [1.807, 2.05) is 0 Å². The first-order valence-corrected chi connectivity index (χ1v) is 7.99. The first-order chi connectivity index (χ1) is 10.5. The molecule has 3 N–H and O–H groups in total. The minimum absolute atomic E-state index is 0.183. The van der Waals surface area contributed by atoms with Gasteiger partial charge in [-0.15, -0.1) is 0 Å². The van der Waals surface area contributed by atoms with Gasteiger partial charge in [0.25, 0.3) is 0 Å². The van der Waals surface area contributed by atoms with Crippen LogP contribution in [0.3, 0.4) is 0 Å². The molecule has 7 heteroatoms. The summed E-state index contributed by atoms with van der Waals surface area (Å²) >= 11 is 11.8. The summed E-state index contributed by atoms with van der Waals surface area (Å²) in [6.45, 7) is 2.72. The quantitative estimate of drug-likeness (QED) is 0.658. The number of nitrogens with two attached hydrogens (primary N) is 1. The van der Waals surface area contributed by atoms with Gasteiger partial charge >= 0.3 is 0 Å². The van der Waals surface area contributed by atoms with Crippen LogP contribution in [0.1, 0.15) is 32.6 Å². The molecule has 1 atom stereocenters. The Morgan fingerprint density at radius 2 is 2.05 bits per heavy atom. The Kier molecular flexibility index (Phi) is 8.24. The molecule has 5 nitrogen and oxygen atoms in total. The molecule has 0 radical (unpaired) electrons. The zero-order valence-corrected chi connectivity index (χ0v) is 13.9. The summed E-state index contributed by atoms with van der Waals surface area (Å²) in [5, 5.41) is 15.9. The Morgan fingerprint density at radius 3 is 2.68 bits per heavy atom. The van der Waals surface area contributed by atoms with Crippen molar-refractivity contribution in [3.63, 3.8) is 0 Å². The number of carboxylic acid groups (broad SMARTS) is 1. The van der Waals surface area contributed by atoms with E-state index in [0.29, 0.717) is 17.3 Å². The summed E-state index contributed by atoms with van der Waals surface area (Å²) in [6, 6.07) is 3.95. The molecular weight excluding hydrogens is 327 g/mol. The molecule has 0 aliphatic rings. The van der Waals surface area contributed by atoms with E-state index in [1.165, 1.54) is 0 Å². The van der Waals surface area contributed by atoms with Gasteiger partial charge in [-0.05, 0) is 25.0 Å². The predicted molar refractivity (Wildman–Crippen MR) is 84.8 cm³/mol. The van der Waals surface area contributed by atoms with Gasteiger partial charge in [0.1, 0.15) is 6.04 Å². The number of quaternary nitrogens is 1. The third kappa shape index (κ3) is 6.22. The van der Waals surface area contributed by atoms with Gasteiger partial charge in [0.15, 0.2) is 0 Å². The van der Waals surface area contributed by atoms with Crippen LogP contribution in [-0.2, 0) is 9.59 Å². The second kappa shape index (κ2) is 9.66. The molecule has 22 heavy (non-hydrogen) atoms. The van der Waals surface area contributed by atoms with Crippen molar-refractivity contribution in [3.05, 3.63) is 28.2 Å². The maximum Gasteiger partial charge on any atom is 0.230 e. The summed E-state index contributed by atoms with van der Waals surface area (Å²) in [7, 11) is 0. The number of unbranched alkanes of at least 4 members (excludes halogenated alkanes) is 2. The number of rotatable bonds is 9. The van der Waals surface area contributed by atoms with Crippen LogP contribution in [0.2, 0.25) is 10.0 Å². The van der Waals surface area contributed by atoms with Crippen LogP contribution in [0.25, 0.3) is 0 Å². The molecule has 0 aliphatic carbocycles. The van der Waals surface area contributed by atoms with Crippen molar-refractivity contribution in [2.45, 2.75) is 38.6 Å². The second-order valence-electron chi connectivity index (χ2n) is 5.01. The fraction of sp³-hybridized carbons (Fsp3) is 0.467. The highest BCUT2D eigenvalue weighted by molar-refractivity contribution is 6.43. The van der Waals surface area contributed by atoms with Gasteiger partial charge in [0.2, 0.25) is 5.91 Å². The number of carbonyl (C=O) groups is 2. The van der Waals surface area contributed by atoms with Crippen LogP contribution >= 0.6 is 23.2 Å². The van der Waals surface area contributed by atoms with Crippen LogP contribution in [0.15, 0.2) is 18.2 Å². The number of benzene rings is 1. The fourth-order valence-corrected chi connectivity index (χ4v) is 2.33. The molecule has 0 aliphatic heterocycles. The second-order valence-corrected chi connectivity index (χ2v) is 5.80. The van der Waals surface area contributed by atoms with Gasteiger partial charge in [0.05, 0.1) is 34.7 Å². The first kappa shape index (κ1) is 18.7. The number of amides is 1. The first-order valence-electron chi connectivity index (χ1n) is 7.23. The lowest BCUT2D eigenvalue weighted by atomic mass is 10.1. The number of halogens is 2. The number of carbonyl (C=O) groups excluding carboxylic acids is 2. The number of carboxylic acids is 1. The zero-order valence-electron chi connectivity index (χ0n) is 12.4. The van der Waals surface area contributed by atoms with Crippen LogP contribution in [0.5, 0.6) is 0 Å². The molecule has 1 amide bonds. The molecule has 0 spiro atoms. The summed E-state index contributed by atoms with van der Waals surface area (Å²) in [5.41, 5.74) is 0.363. The number of hydrogen-bond acceptors (Lipinski definition) is 3. The normalized spacial score (nSPS) is 12.0. The number of hydrogen-bond donors (Lipinski definition) is 2. The van der Waals surface area contributed by atoms with Crippen molar-refractivity contribution in [2.24, 2.45) is 0 Å². The Labute approximate surface area is 140 Å². The molecule has 1 aromatic carbocycles. The summed E-state index contributed by atoms with van der Waals surface area (Å²) in [6.07, 6.45) is 2.80. The SMILES string of the molecule is CCCCC[NH2+][C@H](CC(=O)Nc1cccc(Cl)c1Cl)C(=O)[O-]. The molecule has 122 valence electrons. The van der Waals surface area contributed by atoms with Crippen molar-refractivity contribution in [2.75, 3.05) is 11.9 Å². The lowest BCUT2D eigenvalue weighted by molar-refractivity contribution is -0.682. The molecule has 0 heterocycles. The van der Waals surface area contributed by atoms with Crippen molar-refractivity contribution in [1.82, 2.24) is 0 Å². The van der Waals surface area contributed by atoms with E-state index in [1.54, 1.807) is 23.5 Å². The Bertz CT molecular complexity index is 524. The van der Waals surface area contributed by atoms with Crippen LogP contribution < -0.4 is 15.7 Å². The lowest BCUT2D eigenvalue weighted by Gasteiger charge is -2.16. The molecule has 0 bridgehead atoms. The van der Waals surface area contributed by atoms with Crippen LogP contribution in [-0.4, -0.2) is 24.5 Å². The monoisotopic (exact) mass is 346 g/mol. The van der Waals surface area contributed by atoms with E-state index >= 15 is 0 Å². The average Bonchev–Trinajstić information content (AvgIpc) is 2.47. The van der Waals surface area contributed by atoms with E-state index in [9.17, 15) is 14.7 Å². The number of nitrogens with one attached hydrogen (secondary N) is 1. The van der Waals surface area contributed by atoms with Gasteiger partial charge in [-0.1, -0.05) is 42.6 Å². The summed E-state index contributed by atoms with van der Waals surface area (Å²) < 4.78 is 0. The maximum atomic E-state index is 12.0. The summed E-state index contributed by atoms with van der Waals surface area (Å²) in [4.78, 5) is 23.1. The number of anilines is 1. The van der Waals surface area contributed by atoms with Gasteiger partial charge in [0, 0.05) is 0 Å². The van der Waals surface area contributed by atoms with E-state index in [2.05, 4.69) is 12.2 Å². The molecule has 0 saturated carbocycles. The molecule has 0 aromatic heterocycles. The Balaban J connectivity index is 2.56. The van der Waals surface area contributed by atoms with E-state index in [-0.39, 0.29) is 11.4 Å². The number of aliphatic carboxylic acids is 1. The highest BCUT2D eigenvalue weighted by Gasteiger charge is 2.19.